The van der Waals surface area contributed by atoms with Gasteiger partial charge in [0.25, 0.3) is 5.91 Å². The molecule has 0 bridgehead atoms. The predicted octanol–water partition coefficient (Wildman–Crippen LogP) is 1.86. The van der Waals surface area contributed by atoms with Crippen molar-refractivity contribution in [1.29, 1.82) is 0 Å². The van der Waals surface area contributed by atoms with Crippen LogP contribution in [0.3, 0.4) is 0 Å². The summed E-state index contributed by atoms with van der Waals surface area (Å²) in [5.41, 5.74) is 1.93. The van der Waals surface area contributed by atoms with Crippen LogP contribution >= 0.6 is 0 Å². The van der Waals surface area contributed by atoms with E-state index >= 15 is 0 Å². The molecule has 10 nitrogen and oxygen atoms in total. The lowest BCUT2D eigenvalue weighted by atomic mass is 9.98. The van der Waals surface area contributed by atoms with Crippen LogP contribution in [0, 0.1) is 11.8 Å². The maximum Gasteiger partial charge on any atom is 0.268 e. The van der Waals surface area contributed by atoms with Gasteiger partial charge in [0.1, 0.15) is 24.1 Å². The van der Waals surface area contributed by atoms with Crippen LogP contribution < -0.4 is 21.3 Å². The summed E-state index contributed by atoms with van der Waals surface area (Å²) in [4.78, 5) is 66.7. The van der Waals surface area contributed by atoms with Crippen LogP contribution in [0.4, 0.5) is 0 Å². The molecule has 1 aliphatic heterocycles. The Morgan fingerprint density at radius 2 is 1.70 bits per heavy atom. The molecule has 0 radical (unpaired) electrons. The van der Waals surface area contributed by atoms with E-state index in [-0.39, 0.29) is 30.6 Å². The zero-order valence-electron chi connectivity index (χ0n) is 22.6. The lowest BCUT2D eigenvalue weighted by Crippen LogP contribution is -2.57. The van der Waals surface area contributed by atoms with Gasteiger partial charge in [0, 0.05) is 29.8 Å². The Labute approximate surface area is 232 Å². The summed E-state index contributed by atoms with van der Waals surface area (Å²) in [5, 5.41) is 11.9. The van der Waals surface area contributed by atoms with Gasteiger partial charge in [-0.15, -0.1) is 0 Å². The fourth-order valence-electron chi connectivity index (χ4n) is 4.88. The summed E-state index contributed by atoms with van der Waals surface area (Å²) >= 11 is 0. The summed E-state index contributed by atoms with van der Waals surface area (Å²) in [6, 6.07) is 15.6. The number of aldehydes is 1. The first-order chi connectivity index (χ1) is 19.2. The molecule has 1 aliphatic rings. The second kappa shape index (κ2) is 13.1. The van der Waals surface area contributed by atoms with Crippen molar-refractivity contribution in [3.63, 3.8) is 0 Å². The first-order valence-corrected chi connectivity index (χ1v) is 13.5. The van der Waals surface area contributed by atoms with E-state index in [4.69, 9.17) is 0 Å². The van der Waals surface area contributed by atoms with Gasteiger partial charge in [-0.25, -0.2) is 0 Å². The molecule has 0 aliphatic carbocycles. The highest BCUT2D eigenvalue weighted by atomic mass is 16.2. The summed E-state index contributed by atoms with van der Waals surface area (Å²) in [6.45, 7) is 4.14. The van der Waals surface area contributed by atoms with Crippen LogP contribution in [0.25, 0.3) is 10.9 Å². The average molecular weight is 546 g/mol. The number of benzene rings is 2. The van der Waals surface area contributed by atoms with Gasteiger partial charge in [-0.05, 0) is 36.5 Å². The number of para-hydroxylation sites is 1. The SMILES string of the molecule is CC(C)[C@H](NC(=O)c1cc2ccccc2[nH]1)C(=O)N[C@@H](Cc1ccccc1)C(=O)N[C@H](C=O)C[C@@H]1CCNC1=O. The Bertz CT molecular complexity index is 1340. The van der Waals surface area contributed by atoms with E-state index in [1.54, 1.807) is 19.9 Å². The van der Waals surface area contributed by atoms with Gasteiger partial charge in [-0.2, -0.15) is 0 Å². The van der Waals surface area contributed by atoms with E-state index < -0.39 is 35.8 Å². The van der Waals surface area contributed by atoms with Crippen molar-refractivity contribution in [2.45, 2.75) is 51.2 Å². The zero-order valence-corrected chi connectivity index (χ0v) is 22.6. The quantitative estimate of drug-likeness (QED) is 0.220. The maximum absolute atomic E-state index is 13.5. The molecule has 1 fully saturated rings. The third-order valence-corrected chi connectivity index (χ3v) is 7.12. The standard InChI is InChI=1S/C30H35N5O5/c1-18(2)26(35-29(39)25-16-20-10-6-7-11-23(20)33-25)30(40)34-24(14-19-8-4-3-5-9-19)28(38)32-22(17-36)15-21-12-13-31-27(21)37/h3-11,16-18,21-22,24,26,33H,12-15H2,1-2H3,(H,31,37)(H,32,38)(H,34,40)(H,35,39)/t21-,22-,24-,26-/m0/s1. The Balaban J connectivity index is 1.48. The van der Waals surface area contributed by atoms with Crippen LogP contribution in [-0.2, 0) is 25.6 Å². The second-order valence-electron chi connectivity index (χ2n) is 10.5. The van der Waals surface area contributed by atoms with Crippen LogP contribution in [-0.4, -0.2) is 59.6 Å². The molecule has 0 unspecified atom stereocenters. The molecule has 10 heteroatoms. The van der Waals surface area contributed by atoms with Crippen molar-refractivity contribution in [2.24, 2.45) is 11.8 Å². The van der Waals surface area contributed by atoms with Gasteiger partial charge in [0.2, 0.25) is 17.7 Å². The minimum absolute atomic E-state index is 0.138. The number of hydrogen-bond donors (Lipinski definition) is 5. The number of nitrogens with one attached hydrogen (secondary N) is 5. The van der Waals surface area contributed by atoms with E-state index in [1.165, 1.54) is 0 Å². The van der Waals surface area contributed by atoms with E-state index in [1.807, 2.05) is 54.6 Å². The van der Waals surface area contributed by atoms with Gasteiger partial charge in [-0.3, -0.25) is 19.2 Å². The van der Waals surface area contributed by atoms with E-state index in [0.717, 1.165) is 16.5 Å². The number of fused-ring (bicyclic) bond motifs is 1. The van der Waals surface area contributed by atoms with Crippen molar-refractivity contribution in [2.75, 3.05) is 6.54 Å². The highest BCUT2D eigenvalue weighted by Gasteiger charge is 2.32. The van der Waals surface area contributed by atoms with Crippen LogP contribution in [0.5, 0.6) is 0 Å². The largest absolute Gasteiger partial charge is 0.356 e. The highest BCUT2D eigenvalue weighted by molar-refractivity contribution is 6.00. The number of carbonyl (C=O) groups is 5. The molecule has 4 amide bonds. The number of H-pyrrole nitrogens is 1. The van der Waals surface area contributed by atoms with Crippen LogP contribution in [0.15, 0.2) is 60.7 Å². The Hall–Kier alpha value is -4.47. The fraction of sp³-hybridized carbons (Fsp3) is 0.367. The third kappa shape index (κ3) is 7.13. The number of carbonyl (C=O) groups excluding carboxylic acids is 5. The number of hydrogen-bond acceptors (Lipinski definition) is 5. The number of rotatable bonds is 12. The maximum atomic E-state index is 13.5. The summed E-state index contributed by atoms with van der Waals surface area (Å²) in [7, 11) is 0. The first-order valence-electron chi connectivity index (χ1n) is 13.5. The molecule has 0 saturated carbocycles. The summed E-state index contributed by atoms with van der Waals surface area (Å²) in [5.74, 6) is -2.28. The molecular formula is C30H35N5O5. The predicted molar refractivity (Wildman–Crippen MR) is 150 cm³/mol. The molecule has 4 atom stereocenters. The topological polar surface area (TPSA) is 149 Å². The molecule has 4 rings (SSSR count). The number of aromatic amines is 1. The fourth-order valence-corrected chi connectivity index (χ4v) is 4.88. The highest BCUT2D eigenvalue weighted by Crippen LogP contribution is 2.17. The van der Waals surface area contributed by atoms with E-state index in [9.17, 15) is 24.0 Å². The average Bonchev–Trinajstić information content (AvgIpc) is 3.57. The van der Waals surface area contributed by atoms with Gasteiger partial charge in [0.05, 0.1) is 6.04 Å². The zero-order chi connectivity index (χ0) is 28.6. The summed E-state index contributed by atoms with van der Waals surface area (Å²) < 4.78 is 0. The van der Waals surface area contributed by atoms with E-state index in [0.29, 0.717) is 24.9 Å². The van der Waals surface area contributed by atoms with Crippen LogP contribution in [0.2, 0.25) is 0 Å². The van der Waals surface area contributed by atoms with Gasteiger partial charge in [-0.1, -0.05) is 62.4 Å². The minimum atomic E-state index is -1.01. The third-order valence-electron chi connectivity index (χ3n) is 7.12. The van der Waals surface area contributed by atoms with Crippen molar-refractivity contribution in [3.8, 4) is 0 Å². The summed E-state index contributed by atoms with van der Waals surface area (Å²) in [6.07, 6.45) is 1.56. The van der Waals surface area contributed by atoms with Gasteiger partial charge in [0.15, 0.2) is 0 Å². The minimum Gasteiger partial charge on any atom is -0.356 e. The number of amides is 4. The lowest BCUT2D eigenvalue weighted by Gasteiger charge is -2.26. The Morgan fingerprint density at radius 3 is 2.35 bits per heavy atom. The molecular weight excluding hydrogens is 510 g/mol. The molecule has 1 aromatic heterocycles. The molecule has 1 saturated heterocycles. The van der Waals surface area contributed by atoms with Crippen molar-refractivity contribution < 1.29 is 24.0 Å². The normalized spacial score (nSPS) is 17.1. The van der Waals surface area contributed by atoms with Crippen molar-refractivity contribution in [1.82, 2.24) is 26.3 Å². The molecule has 2 aromatic carbocycles. The number of aromatic nitrogens is 1. The molecule has 5 N–H and O–H groups in total. The van der Waals surface area contributed by atoms with Gasteiger partial charge < -0.3 is 31.0 Å². The molecule has 210 valence electrons. The smallest absolute Gasteiger partial charge is 0.268 e. The molecule has 2 heterocycles. The second-order valence-corrected chi connectivity index (χ2v) is 10.5. The van der Waals surface area contributed by atoms with Gasteiger partial charge >= 0.3 is 0 Å². The molecule has 40 heavy (non-hydrogen) atoms. The van der Waals surface area contributed by atoms with Crippen LogP contribution in [0.1, 0.15) is 42.7 Å². The van der Waals surface area contributed by atoms with Crippen molar-refractivity contribution >= 4 is 40.8 Å². The van der Waals surface area contributed by atoms with E-state index in [2.05, 4.69) is 26.3 Å². The Morgan fingerprint density at radius 1 is 0.975 bits per heavy atom. The molecule has 0 spiro atoms. The Kier molecular flexibility index (Phi) is 9.31. The first kappa shape index (κ1) is 28.5. The lowest BCUT2D eigenvalue weighted by molar-refractivity contribution is -0.131. The van der Waals surface area contributed by atoms with Crippen molar-refractivity contribution in [3.05, 3.63) is 71.9 Å². The molecule has 3 aromatic rings. The monoisotopic (exact) mass is 545 g/mol.